The number of rotatable bonds is 5. The number of hydrogen-bond acceptors (Lipinski definition) is 5. The number of hydrogen-bond donors (Lipinski definition) is 1. The van der Waals surface area contributed by atoms with Gasteiger partial charge in [0.2, 0.25) is 10.0 Å². The average Bonchev–Trinajstić information content (AvgIpc) is 3.08. The van der Waals surface area contributed by atoms with Crippen LogP contribution in [0.3, 0.4) is 0 Å². The third kappa shape index (κ3) is 4.97. The summed E-state index contributed by atoms with van der Waals surface area (Å²) in [6, 6.07) is 11.7. The van der Waals surface area contributed by atoms with Crippen LogP contribution in [-0.4, -0.2) is 51.0 Å². The van der Waals surface area contributed by atoms with Gasteiger partial charge in [-0.25, -0.2) is 8.42 Å². The molecular formula is C22H25ClN2O5S. The van der Waals surface area contributed by atoms with Crippen LogP contribution in [0.4, 0.5) is 0 Å². The third-order valence-corrected chi connectivity index (χ3v) is 7.81. The molecule has 0 radical (unpaired) electrons. The monoisotopic (exact) mass is 464 g/mol. The summed E-state index contributed by atoms with van der Waals surface area (Å²) in [6.07, 6.45) is 3.33. The fourth-order valence-electron chi connectivity index (χ4n) is 3.74. The van der Waals surface area contributed by atoms with E-state index < -0.39 is 15.9 Å². The van der Waals surface area contributed by atoms with Crippen LogP contribution in [0.5, 0.6) is 11.5 Å². The van der Waals surface area contributed by atoms with Crippen molar-refractivity contribution in [1.29, 1.82) is 0 Å². The maximum atomic E-state index is 13.1. The molecule has 0 spiro atoms. The summed E-state index contributed by atoms with van der Waals surface area (Å²) in [4.78, 5) is 12.7. The summed E-state index contributed by atoms with van der Waals surface area (Å²) in [7, 11) is -3.76. The minimum Gasteiger partial charge on any atom is -0.486 e. The van der Waals surface area contributed by atoms with Crippen LogP contribution < -0.4 is 14.8 Å². The molecule has 2 aromatic carbocycles. The number of carbonyl (C=O) groups excluding carboxylic acids is 1. The molecule has 1 amide bonds. The highest BCUT2D eigenvalue weighted by molar-refractivity contribution is 7.89. The quantitative estimate of drug-likeness (QED) is 0.732. The molecule has 7 nitrogen and oxygen atoms in total. The number of ether oxygens (including phenoxy) is 2. The van der Waals surface area contributed by atoms with Gasteiger partial charge in [0.15, 0.2) is 11.5 Å². The second kappa shape index (κ2) is 9.46. The molecule has 9 heteroatoms. The van der Waals surface area contributed by atoms with Crippen molar-refractivity contribution < 1.29 is 22.7 Å². The molecule has 0 aliphatic carbocycles. The number of nitrogens with zero attached hydrogens (tertiary/aromatic N) is 1. The number of nitrogens with one attached hydrogen (secondary N) is 1. The molecule has 0 saturated carbocycles. The number of sulfonamides is 1. The Morgan fingerprint density at radius 1 is 1.06 bits per heavy atom. The van der Waals surface area contributed by atoms with Gasteiger partial charge in [-0.05, 0) is 43.2 Å². The minimum absolute atomic E-state index is 0.0325. The van der Waals surface area contributed by atoms with E-state index in [9.17, 15) is 13.2 Å². The maximum absolute atomic E-state index is 13.1. The van der Waals surface area contributed by atoms with Crippen molar-refractivity contribution in [3.8, 4) is 11.5 Å². The van der Waals surface area contributed by atoms with Crippen LogP contribution in [0.15, 0.2) is 47.4 Å². The Morgan fingerprint density at radius 3 is 2.52 bits per heavy atom. The number of fused-ring (bicyclic) bond motifs is 1. The van der Waals surface area contributed by atoms with E-state index in [1.54, 1.807) is 0 Å². The standard InChI is InChI=1S/C22H25ClN2O5S/c23-18-10-9-16(13-21(18)31(27,28)25-11-5-1-2-6-12-25)22(26)24-14-17-15-29-19-7-3-4-8-20(19)30-17/h3-4,7-10,13,17H,1-2,5-6,11-12,14-15H2,(H,24,26). The molecule has 1 saturated heterocycles. The zero-order chi connectivity index (χ0) is 21.8. The van der Waals surface area contributed by atoms with E-state index in [1.807, 2.05) is 24.3 Å². The van der Waals surface area contributed by atoms with Gasteiger partial charge in [-0.2, -0.15) is 4.31 Å². The Kier molecular flexibility index (Phi) is 6.69. The second-order valence-electron chi connectivity index (χ2n) is 7.67. The van der Waals surface area contributed by atoms with Crippen molar-refractivity contribution >= 4 is 27.5 Å². The van der Waals surface area contributed by atoms with Gasteiger partial charge >= 0.3 is 0 Å². The largest absolute Gasteiger partial charge is 0.486 e. The molecule has 1 atom stereocenters. The Labute approximate surface area is 187 Å². The molecule has 2 aromatic rings. The molecule has 2 heterocycles. The highest BCUT2D eigenvalue weighted by atomic mass is 35.5. The number of amides is 1. The normalized spacial score (nSPS) is 19.5. The number of carbonyl (C=O) groups is 1. The second-order valence-corrected chi connectivity index (χ2v) is 9.98. The van der Waals surface area contributed by atoms with Crippen LogP contribution in [0.25, 0.3) is 0 Å². The number of para-hydroxylation sites is 2. The summed E-state index contributed by atoms with van der Waals surface area (Å²) in [5.41, 5.74) is 0.231. The van der Waals surface area contributed by atoms with Gasteiger partial charge in [0.1, 0.15) is 17.6 Å². The summed E-state index contributed by atoms with van der Waals surface area (Å²) >= 11 is 6.22. The molecule has 2 aliphatic heterocycles. The predicted octanol–water partition coefficient (Wildman–Crippen LogP) is 3.47. The minimum atomic E-state index is -3.76. The summed E-state index contributed by atoms with van der Waals surface area (Å²) in [5, 5.41) is 2.90. The lowest BCUT2D eigenvalue weighted by molar-refractivity contribution is 0.0789. The maximum Gasteiger partial charge on any atom is 0.251 e. The van der Waals surface area contributed by atoms with E-state index in [-0.39, 0.29) is 28.1 Å². The van der Waals surface area contributed by atoms with Crippen LogP contribution >= 0.6 is 11.6 Å². The summed E-state index contributed by atoms with van der Waals surface area (Å²) in [5.74, 6) is 0.905. The predicted molar refractivity (Wildman–Crippen MR) is 117 cm³/mol. The highest BCUT2D eigenvalue weighted by Gasteiger charge is 2.28. The van der Waals surface area contributed by atoms with Gasteiger partial charge < -0.3 is 14.8 Å². The fourth-order valence-corrected chi connectivity index (χ4v) is 5.75. The van der Waals surface area contributed by atoms with Crippen LogP contribution in [0.2, 0.25) is 5.02 Å². The van der Waals surface area contributed by atoms with Crippen molar-refractivity contribution in [2.45, 2.75) is 36.7 Å². The first kappa shape index (κ1) is 21.9. The number of halogens is 1. The molecule has 1 N–H and O–H groups in total. The van der Waals surface area contributed by atoms with E-state index in [2.05, 4.69) is 5.32 Å². The van der Waals surface area contributed by atoms with Gasteiger partial charge in [0.05, 0.1) is 11.6 Å². The van der Waals surface area contributed by atoms with Gasteiger partial charge in [-0.1, -0.05) is 36.6 Å². The molecule has 0 bridgehead atoms. The van der Waals surface area contributed by atoms with Crippen molar-refractivity contribution in [3.05, 3.63) is 53.1 Å². The van der Waals surface area contributed by atoms with Crippen molar-refractivity contribution in [3.63, 3.8) is 0 Å². The highest BCUT2D eigenvalue weighted by Crippen LogP contribution is 2.31. The Balaban J connectivity index is 1.44. The van der Waals surface area contributed by atoms with Crippen LogP contribution in [0.1, 0.15) is 36.0 Å². The molecule has 1 fully saturated rings. The van der Waals surface area contributed by atoms with Crippen molar-refractivity contribution in [2.75, 3.05) is 26.2 Å². The van der Waals surface area contributed by atoms with E-state index >= 15 is 0 Å². The van der Waals surface area contributed by atoms with E-state index in [4.69, 9.17) is 21.1 Å². The van der Waals surface area contributed by atoms with Crippen LogP contribution in [0, 0.1) is 0 Å². The Bertz CT molecular complexity index is 1050. The molecule has 0 aromatic heterocycles. The van der Waals surface area contributed by atoms with E-state index in [0.29, 0.717) is 31.2 Å². The fraction of sp³-hybridized carbons (Fsp3) is 0.409. The molecule has 1 unspecified atom stereocenters. The lowest BCUT2D eigenvalue weighted by Gasteiger charge is -2.26. The third-order valence-electron chi connectivity index (χ3n) is 5.43. The van der Waals surface area contributed by atoms with Gasteiger partial charge in [0.25, 0.3) is 5.91 Å². The van der Waals surface area contributed by atoms with Crippen molar-refractivity contribution in [1.82, 2.24) is 9.62 Å². The molecule has 4 rings (SSSR count). The van der Waals surface area contributed by atoms with E-state index in [0.717, 1.165) is 25.7 Å². The molecule has 2 aliphatic rings. The Hall–Kier alpha value is -2.29. The first-order chi connectivity index (χ1) is 14.9. The summed E-state index contributed by atoms with van der Waals surface area (Å²) < 4.78 is 39.2. The first-order valence-electron chi connectivity index (χ1n) is 10.4. The molecular weight excluding hydrogens is 440 g/mol. The van der Waals surface area contributed by atoms with Gasteiger partial charge in [-0.15, -0.1) is 0 Å². The topological polar surface area (TPSA) is 84.9 Å². The zero-order valence-corrected chi connectivity index (χ0v) is 18.6. The zero-order valence-electron chi connectivity index (χ0n) is 17.1. The van der Waals surface area contributed by atoms with E-state index in [1.165, 1.54) is 22.5 Å². The lowest BCUT2D eigenvalue weighted by atomic mass is 10.2. The average molecular weight is 465 g/mol. The van der Waals surface area contributed by atoms with Crippen molar-refractivity contribution in [2.24, 2.45) is 0 Å². The number of benzene rings is 2. The smallest absolute Gasteiger partial charge is 0.251 e. The SMILES string of the molecule is O=C(NCC1COc2ccccc2O1)c1ccc(Cl)c(S(=O)(=O)N2CCCCCC2)c1. The first-order valence-corrected chi connectivity index (χ1v) is 12.2. The van der Waals surface area contributed by atoms with Crippen LogP contribution in [-0.2, 0) is 10.0 Å². The van der Waals surface area contributed by atoms with Gasteiger partial charge in [-0.3, -0.25) is 4.79 Å². The Morgan fingerprint density at radius 2 is 1.77 bits per heavy atom. The molecule has 166 valence electrons. The summed E-state index contributed by atoms with van der Waals surface area (Å²) in [6.45, 7) is 1.47. The molecule has 31 heavy (non-hydrogen) atoms. The van der Waals surface area contributed by atoms with Gasteiger partial charge in [0, 0.05) is 18.7 Å². The lowest BCUT2D eigenvalue weighted by Crippen LogP contribution is -2.40.